The second kappa shape index (κ2) is 7.87. The maximum absolute atomic E-state index is 12.7. The topological polar surface area (TPSA) is 71.1 Å². The number of carbonyl (C=O) groups is 2. The molecule has 0 aliphatic rings. The Morgan fingerprint density at radius 3 is 2.41 bits per heavy atom. The summed E-state index contributed by atoms with van der Waals surface area (Å²) in [5, 5.41) is 5.04. The van der Waals surface area contributed by atoms with Crippen LogP contribution in [-0.2, 0) is 22.6 Å². The van der Waals surface area contributed by atoms with Crippen molar-refractivity contribution in [2.24, 2.45) is 0 Å². The smallest absolute Gasteiger partial charge is 0.309 e. The maximum Gasteiger partial charge on any atom is 0.309 e. The minimum absolute atomic E-state index is 0.248. The van der Waals surface area contributed by atoms with Gasteiger partial charge < -0.3 is 10.6 Å². The van der Waals surface area contributed by atoms with Crippen molar-refractivity contribution in [2.45, 2.75) is 13.0 Å². The average molecular weight is 301 g/mol. The van der Waals surface area contributed by atoms with Gasteiger partial charge in [-0.2, -0.15) is 0 Å². The van der Waals surface area contributed by atoms with Crippen molar-refractivity contribution in [1.29, 1.82) is 0 Å². The summed E-state index contributed by atoms with van der Waals surface area (Å²) >= 11 is 0. The van der Waals surface area contributed by atoms with E-state index in [0.717, 1.165) is 11.1 Å². The van der Waals surface area contributed by atoms with E-state index in [4.69, 9.17) is 0 Å². The molecule has 0 radical (unpaired) electrons. The zero-order valence-corrected chi connectivity index (χ0v) is 11.9. The summed E-state index contributed by atoms with van der Waals surface area (Å²) in [4.78, 5) is 27.1. The quantitative estimate of drug-likeness (QED) is 0.815. The number of pyridine rings is 1. The highest BCUT2D eigenvalue weighted by atomic mass is 19.1. The van der Waals surface area contributed by atoms with E-state index in [1.54, 1.807) is 36.7 Å². The molecule has 0 bridgehead atoms. The zero-order chi connectivity index (χ0) is 15.8. The van der Waals surface area contributed by atoms with Crippen molar-refractivity contribution < 1.29 is 14.0 Å². The van der Waals surface area contributed by atoms with Crippen LogP contribution < -0.4 is 10.6 Å². The predicted molar refractivity (Wildman–Crippen MR) is 79.2 cm³/mol. The van der Waals surface area contributed by atoms with Gasteiger partial charge in [0.2, 0.25) is 0 Å². The van der Waals surface area contributed by atoms with Gasteiger partial charge in [0.05, 0.1) is 0 Å². The molecule has 2 amide bonds. The predicted octanol–water partition coefficient (Wildman–Crippen LogP) is 1.20. The molecule has 1 aromatic heterocycles. The lowest BCUT2D eigenvalue weighted by atomic mass is 10.1. The van der Waals surface area contributed by atoms with E-state index >= 15 is 0 Å². The molecule has 1 aromatic carbocycles. The molecule has 0 unspecified atom stereocenters. The van der Waals surface area contributed by atoms with Crippen LogP contribution in [0.1, 0.15) is 11.1 Å². The van der Waals surface area contributed by atoms with Gasteiger partial charge in [-0.3, -0.25) is 14.6 Å². The minimum atomic E-state index is -0.692. The van der Waals surface area contributed by atoms with E-state index in [9.17, 15) is 14.0 Å². The Labute approximate surface area is 127 Å². The largest absolute Gasteiger partial charge is 0.348 e. The fourth-order valence-corrected chi connectivity index (χ4v) is 1.82. The van der Waals surface area contributed by atoms with Crippen molar-refractivity contribution in [1.82, 2.24) is 15.6 Å². The first-order valence-electron chi connectivity index (χ1n) is 6.84. The Morgan fingerprint density at radius 2 is 1.73 bits per heavy atom. The molecule has 2 N–H and O–H groups in total. The van der Waals surface area contributed by atoms with Crippen LogP contribution in [0.25, 0.3) is 0 Å². The Kier molecular flexibility index (Phi) is 5.59. The van der Waals surface area contributed by atoms with Gasteiger partial charge in [-0.15, -0.1) is 0 Å². The van der Waals surface area contributed by atoms with Gasteiger partial charge in [-0.05, 0) is 35.7 Å². The second-order valence-corrected chi connectivity index (χ2v) is 4.68. The van der Waals surface area contributed by atoms with E-state index in [0.29, 0.717) is 13.0 Å². The molecule has 0 aliphatic heterocycles. The van der Waals surface area contributed by atoms with Crippen molar-refractivity contribution in [2.75, 3.05) is 6.54 Å². The molecule has 0 spiro atoms. The van der Waals surface area contributed by atoms with Gasteiger partial charge in [0.15, 0.2) is 0 Å². The maximum atomic E-state index is 12.7. The third-order valence-corrected chi connectivity index (χ3v) is 2.99. The highest BCUT2D eigenvalue weighted by Gasteiger charge is 2.12. The number of nitrogens with zero attached hydrogens (tertiary/aromatic N) is 1. The molecule has 2 rings (SSSR count). The van der Waals surface area contributed by atoms with E-state index < -0.39 is 11.8 Å². The van der Waals surface area contributed by atoms with Crippen LogP contribution in [0, 0.1) is 5.82 Å². The Hall–Kier alpha value is -2.76. The van der Waals surface area contributed by atoms with Crippen LogP contribution in [0.15, 0.2) is 48.8 Å². The number of amides is 2. The van der Waals surface area contributed by atoms with Gasteiger partial charge >= 0.3 is 11.8 Å². The number of hydrogen-bond acceptors (Lipinski definition) is 3. The molecule has 114 valence electrons. The highest BCUT2D eigenvalue weighted by Crippen LogP contribution is 2.02. The second-order valence-electron chi connectivity index (χ2n) is 4.68. The van der Waals surface area contributed by atoms with E-state index in [2.05, 4.69) is 15.6 Å². The fraction of sp³-hybridized carbons (Fsp3) is 0.188. The summed E-state index contributed by atoms with van der Waals surface area (Å²) in [6, 6.07) is 9.56. The normalized spacial score (nSPS) is 10.0. The number of benzene rings is 1. The summed E-state index contributed by atoms with van der Waals surface area (Å²) in [6.07, 6.45) is 3.78. The zero-order valence-electron chi connectivity index (χ0n) is 11.9. The number of nitrogens with one attached hydrogen (secondary N) is 2. The molecule has 0 aliphatic carbocycles. The molecule has 0 saturated carbocycles. The fourth-order valence-electron chi connectivity index (χ4n) is 1.82. The van der Waals surface area contributed by atoms with Gasteiger partial charge in [-0.1, -0.05) is 18.2 Å². The van der Waals surface area contributed by atoms with Gasteiger partial charge in [0, 0.05) is 25.5 Å². The van der Waals surface area contributed by atoms with Crippen LogP contribution >= 0.6 is 0 Å². The molecule has 0 atom stereocenters. The summed E-state index contributed by atoms with van der Waals surface area (Å²) in [5.74, 6) is -1.68. The average Bonchev–Trinajstić information content (AvgIpc) is 2.55. The molecule has 6 heteroatoms. The van der Waals surface area contributed by atoms with Crippen molar-refractivity contribution in [3.05, 3.63) is 65.7 Å². The van der Waals surface area contributed by atoms with Crippen LogP contribution in [0.2, 0.25) is 0 Å². The van der Waals surface area contributed by atoms with Crippen LogP contribution in [0.3, 0.4) is 0 Å². The van der Waals surface area contributed by atoms with Crippen LogP contribution in [-0.4, -0.2) is 23.3 Å². The summed E-state index contributed by atoms with van der Waals surface area (Å²) in [7, 11) is 0. The van der Waals surface area contributed by atoms with Crippen molar-refractivity contribution >= 4 is 11.8 Å². The van der Waals surface area contributed by atoms with Crippen molar-refractivity contribution in [3.8, 4) is 0 Å². The molecular weight excluding hydrogens is 285 g/mol. The number of carbonyl (C=O) groups excluding carboxylic acids is 2. The summed E-state index contributed by atoms with van der Waals surface area (Å²) < 4.78 is 12.7. The monoisotopic (exact) mass is 301 g/mol. The van der Waals surface area contributed by atoms with Crippen LogP contribution in [0.4, 0.5) is 4.39 Å². The number of rotatable bonds is 5. The Bertz CT molecular complexity index is 630. The first-order valence-corrected chi connectivity index (χ1v) is 6.84. The van der Waals surface area contributed by atoms with E-state index in [1.807, 2.05) is 0 Å². The lowest BCUT2D eigenvalue weighted by Crippen LogP contribution is -2.40. The molecule has 2 aromatic rings. The first-order chi connectivity index (χ1) is 10.6. The number of hydrogen-bond donors (Lipinski definition) is 2. The standard InChI is InChI=1S/C16H16FN3O2/c17-14-5-3-12(4-6-14)7-9-19-15(21)16(22)20-11-13-2-1-8-18-10-13/h1-6,8,10H,7,9,11H2,(H,19,21)(H,20,22). The summed E-state index contributed by atoms with van der Waals surface area (Å²) in [5.41, 5.74) is 1.70. The lowest BCUT2D eigenvalue weighted by molar-refractivity contribution is -0.139. The molecule has 0 saturated heterocycles. The molecular formula is C16H16FN3O2. The van der Waals surface area contributed by atoms with Crippen molar-refractivity contribution in [3.63, 3.8) is 0 Å². The SMILES string of the molecule is O=C(NCCc1ccc(F)cc1)C(=O)NCc1cccnc1. The van der Waals surface area contributed by atoms with Crippen LogP contribution in [0.5, 0.6) is 0 Å². The van der Waals surface area contributed by atoms with Gasteiger partial charge in [0.25, 0.3) is 0 Å². The Morgan fingerprint density at radius 1 is 1.00 bits per heavy atom. The number of halogens is 1. The third kappa shape index (κ3) is 4.97. The minimum Gasteiger partial charge on any atom is -0.348 e. The lowest BCUT2D eigenvalue weighted by Gasteiger charge is -2.06. The number of aromatic nitrogens is 1. The molecule has 0 fully saturated rings. The van der Waals surface area contributed by atoms with E-state index in [1.165, 1.54) is 12.1 Å². The van der Waals surface area contributed by atoms with Gasteiger partial charge in [-0.25, -0.2) is 4.39 Å². The molecule has 1 heterocycles. The first kappa shape index (κ1) is 15.6. The van der Waals surface area contributed by atoms with Gasteiger partial charge in [0.1, 0.15) is 5.82 Å². The Balaban J connectivity index is 1.70. The van der Waals surface area contributed by atoms with E-state index in [-0.39, 0.29) is 12.4 Å². The molecule has 22 heavy (non-hydrogen) atoms. The summed E-state index contributed by atoms with van der Waals surface area (Å²) in [6.45, 7) is 0.558. The highest BCUT2D eigenvalue weighted by molar-refractivity contribution is 6.35. The third-order valence-electron chi connectivity index (χ3n) is 2.99. The molecule has 5 nitrogen and oxygen atoms in total.